The number of carbonyl (C=O) groups excluding carboxylic acids is 1. The normalized spacial score (nSPS) is 18.4. The van der Waals surface area contributed by atoms with E-state index in [0.29, 0.717) is 53.1 Å². The van der Waals surface area contributed by atoms with Gasteiger partial charge in [0.25, 0.3) is 11.5 Å². The summed E-state index contributed by atoms with van der Waals surface area (Å²) in [4.78, 5) is 24.2. The Balaban J connectivity index is 1.61. The second-order valence-corrected chi connectivity index (χ2v) is 8.97. The summed E-state index contributed by atoms with van der Waals surface area (Å²) in [6.07, 6.45) is 2.50. The molecule has 0 bridgehead atoms. The summed E-state index contributed by atoms with van der Waals surface area (Å²) in [5, 5.41) is 15.4. The summed E-state index contributed by atoms with van der Waals surface area (Å²) in [7, 11) is 0. The summed E-state index contributed by atoms with van der Waals surface area (Å²) in [6.45, 7) is 4.95. The number of anilines is 1. The average Bonchev–Trinajstić information content (AvgIpc) is 3.36. The molecule has 9 nitrogen and oxygen atoms in total. The van der Waals surface area contributed by atoms with E-state index in [4.69, 9.17) is 21.8 Å². The van der Waals surface area contributed by atoms with Crippen LogP contribution in [0.5, 0.6) is 0 Å². The molecular weight excluding hydrogens is 463 g/mol. The first-order chi connectivity index (χ1) is 16.2. The first kappa shape index (κ1) is 22.1. The Bertz CT molecular complexity index is 1510. The number of hydrogen-bond acceptors (Lipinski definition) is 6. The standard InChI is InChI=1S/C23H22ClFN6O3/c1-10-15-9-12(24)3-8-16(15)34-20(10)19-17-18(23(33)29-28-21(17)26)30-31(19)14-6-4-13(5-7-14)27-22(32)11(2)25/h3,8-9,13-14H,2,4-7H2,1H3,(H2,26,28)(H,27,32)(H,29,33). The number of nitrogens with one attached hydrogen (secondary N) is 2. The molecule has 0 unspecified atom stereocenters. The fraction of sp³-hybridized carbons (Fsp3) is 0.304. The zero-order valence-electron chi connectivity index (χ0n) is 18.3. The molecule has 11 heteroatoms. The van der Waals surface area contributed by atoms with Crippen molar-refractivity contribution in [3.05, 3.63) is 51.5 Å². The van der Waals surface area contributed by atoms with Crippen LogP contribution in [0.25, 0.3) is 33.3 Å². The molecule has 1 aliphatic carbocycles. The van der Waals surface area contributed by atoms with Crippen LogP contribution in [0.1, 0.15) is 37.3 Å². The van der Waals surface area contributed by atoms with Gasteiger partial charge in [0.2, 0.25) is 0 Å². The van der Waals surface area contributed by atoms with Crippen molar-refractivity contribution in [3.63, 3.8) is 0 Å². The molecular formula is C23H22ClFN6O3. The molecule has 3 aromatic heterocycles. The van der Waals surface area contributed by atoms with Gasteiger partial charge in [0, 0.05) is 22.0 Å². The van der Waals surface area contributed by atoms with Crippen molar-refractivity contribution in [1.29, 1.82) is 0 Å². The Morgan fingerprint density at radius 1 is 1.35 bits per heavy atom. The number of nitrogens with zero attached hydrogens (tertiary/aromatic N) is 3. The van der Waals surface area contributed by atoms with E-state index in [1.807, 2.05) is 13.0 Å². The summed E-state index contributed by atoms with van der Waals surface area (Å²) in [6, 6.07) is 5.09. The quantitative estimate of drug-likeness (QED) is 0.373. The Hall–Kier alpha value is -3.66. The monoisotopic (exact) mass is 484 g/mol. The third kappa shape index (κ3) is 3.63. The minimum absolute atomic E-state index is 0.0980. The van der Waals surface area contributed by atoms with Crippen LogP contribution >= 0.6 is 11.6 Å². The number of furan rings is 1. The second kappa shape index (κ2) is 8.28. The van der Waals surface area contributed by atoms with E-state index < -0.39 is 17.3 Å². The molecule has 0 radical (unpaired) electrons. The van der Waals surface area contributed by atoms with Gasteiger partial charge in [0.15, 0.2) is 22.9 Å². The van der Waals surface area contributed by atoms with E-state index in [1.54, 1.807) is 16.8 Å². The third-order valence-corrected chi connectivity index (χ3v) is 6.63. The van der Waals surface area contributed by atoms with E-state index in [0.717, 1.165) is 10.9 Å². The first-order valence-corrected chi connectivity index (χ1v) is 11.2. The molecule has 0 atom stereocenters. The molecule has 4 aromatic rings. The number of amides is 1. The van der Waals surface area contributed by atoms with Crippen LogP contribution in [0.2, 0.25) is 5.02 Å². The molecule has 34 heavy (non-hydrogen) atoms. The molecule has 1 aromatic carbocycles. The average molecular weight is 485 g/mol. The van der Waals surface area contributed by atoms with Gasteiger partial charge in [-0.25, -0.2) is 9.49 Å². The number of nitrogens with two attached hydrogens (primary N) is 1. The Morgan fingerprint density at radius 2 is 2.09 bits per heavy atom. The number of nitrogen functional groups attached to an aromatic ring is 1. The van der Waals surface area contributed by atoms with Gasteiger partial charge in [-0.3, -0.25) is 14.3 Å². The van der Waals surface area contributed by atoms with Gasteiger partial charge in [-0.05, 0) is 50.8 Å². The molecule has 0 aliphatic heterocycles. The number of halogens is 2. The number of aromatic amines is 1. The van der Waals surface area contributed by atoms with Crippen LogP contribution in [0.4, 0.5) is 10.2 Å². The zero-order valence-corrected chi connectivity index (χ0v) is 19.1. The first-order valence-electron chi connectivity index (χ1n) is 10.8. The molecule has 1 aliphatic rings. The summed E-state index contributed by atoms with van der Waals surface area (Å²) in [5.41, 5.74) is 7.96. The number of aryl methyl sites for hydroxylation is 1. The Labute approximate surface area is 197 Å². The van der Waals surface area contributed by atoms with Crippen LogP contribution in [0.15, 0.2) is 39.8 Å². The van der Waals surface area contributed by atoms with Crippen molar-refractivity contribution in [2.24, 2.45) is 0 Å². The second-order valence-electron chi connectivity index (χ2n) is 8.54. The van der Waals surface area contributed by atoms with Gasteiger partial charge in [-0.15, -0.1) is 0 Å². The molecule has 1 fully saturated rings. The van der Waals surface area contributed by atoms with Gasteiger partial charge in [0.1, 0.15) is 11.3 Å². The lowest BCUT2D eigenvalue weighted by Crippen LogP contribution is -2.38. The fourth-order valence-electron chi connectivity index (χ4n) is 4.69. The van der Waals surface area contributed by atoms with Crippen molar-refractivity contribution in [2.45, 2.75) is 44.7 Å². The maximum atomic E-state index is 13.1. The lowest BCUT2D eigenvalue weighted by atomic mass is 9.91. The van der Waals surface area contributed by atoms with Gasteiger partial charge in [-0.1, -0.05) is 18.2 Å². The largest absolute Gasteiger partial charge is 0.454 e. The highest BCUT2D eigenvalue weighted by Crippen LogP contribution is 2.41. The summed E-state index contributed by atoms with van der Waals surface area (Å²) in [5.74, 6) is -1.14. The maximum Gasteiger partial charge on any atom is 0.292 e. The molecule has 4 N–H and O–H groups in total. The summed E-state index contributed by atoms with van der Waals surface area (Å²) >= 11 is 6.19. The number of hydrogen-bond donors (Lipinski definition) is 3. The van der Waals surface area contributed by atoms with E-state index in [2.05, 4.69) is 27.2 Å². The zero-order chi connectivity index (χ0) is 24.1. The van der Waals surface area contributed by atoms with Crippen LogP contribution in [0.3, 0.4) is 0 Å². The topological polar surface area (TPSA) is 132 Å². The summed E-state index contributed by atoms with van der Waals surface area (Å²) < 4.78 is 21.1. The Kier molecular flexibility index (Phi) is 5.40. The molecule has 0 saturated heterocycles. The SMILES string of the molecule is C=C(F)C(=O)NC1CCC(n2nc3c(=O)[nH]nc(N)c3c2-c2oc3ccc(Cl)cc3c2C)CC1. The third-order valence-electron chi connectivity index (χ3n) is 6.40. The van der Waals surface area contributed by atoms with Crippen molar-refractivity contribution in [3.8, 4) is 11.5 Å². The molecule has 176 valence electrons. The molecule has 1 amide bonds. The van der Waals surface area contributed by atoms with Crippen molar-refractivity contribution >= 4 is 45.2 Å². The number of benzene rings is 1. The van der Waals surface area contributed by atoms with Crippen LogP contribution in [-0.2, 0) is 4.79 Å². The van der Waals surface area contributed by atoms with E-state index >= 15 is 0 Å². The van der Waals surface area contributed by atoms with Crippen LogP contribution in [-0.4, -0.2) is 31.9 Å². The minimum atomic E-state index is -1.01. The molecule has 5 rings (SSSR count). The molecule has 3 heterocycles. The number of fused-ring (bicyclic) bond motifs is 2. The highest BCUT2D eigenvalue weighted by atomic mass is 35.5. The van der Waals surface area contributed by atoms with Crippen molar-refractivity contribution in [1.82, 2.24) is 25.3 Å². The van der Waals surface area contributed by atoms with Crippen LogP contribution < -0.4 is 16.6 Å². The highest BCUT2D eigenvalue weighted by molar-refractivity contribution is 6.31. The predicted octanol–water partition coefficient (Wildman–Crippen LogP) is 4.16. The number of carbonyl (C=O) groups is 1. The van der Waals surface area contributed by atoms with E-state index in [9.17, 15) is 14.0 Å². The van der Waals surface area contributed by atoms with Gasteiger partial charge in [-0.2, -0.15) is 10.2 Å². The molecule has 1 saturated carbocycles. The van der Waals surface area contributed by atoms with Gasteiger partial charge in [0.05, 0.1) is 11.4 Å². The smallest absolute Gasteiger partial charge is 0.292 e. The van der Waals surface area contributed by atoms with Gasteiger partial charge >= 0.3 is 0 Å². The van der Waals surface area contributed by atoms with Crippen molar-refractivity contribution < 1.29 is 13.6 Å². The predicted molar refractivity (Wildman–Crippen MR) is 127 cm³/mol. The van der Waals surface area contributed by atoms with Gasteiger partial charge < -0.3 is 15.5 Å². The van der Waals surface area contributed by atoms with Crippen molar-refractivity contribution in [2.75, 3.05) is 5.73 Å². The maximum absolute atomic E-state index is 13.1. The lowest BCUT2D eigenvalue weighted by Gasteiger charge is -2.30. The number of aromatic nitrogens is 4. The lowest BCUT2D eigenvalue weighted by molar-refractivity contribution is -0.119. The van der Waals surface area contributed by atoms with E-state index in [1.165, 1.54) is 0 Å². The van der Waals surface area contributed by atoms with E-state index in [-0.39, 0.29) is 23.4 Å². The number of H-pyrrole nitrogens is 1. The Morgan fingerprint density at radius 3 is 2.79 bits per heavy atom. The van der Waals surface area contributed by atoms with Crippen LogP contribution in [0, 0.1) is 6.92 Å². The molecule has 0 spiro atoms. The fourth-order valence-corrected chi connectivity index (χ4v) is 4.86. The minimum Gasteiger partial charge on any atom is -0.454 e. The highest BCUT2D eigenvalue weighted by Gasteiger charge is 2.31. The number of rotatable bonds is 4.